The fourth-order valence-corrected chi connectivity index (χ4v) is 5.57. The average Bonchev–Trinajstić information content (AvgIpc) is 3.42. The van der Waals surface area contributed by atoms with Crippen molar-refractivity contribution in [3.63, 3.8) is 0 Å². The fraction of sp³-hybridized carbons (Fsp3) is 0.174. The van der Waals surface area contributed by atoms with Crippen LogP contribution >= 0.6 is 46.1 Å². The van der Waals surface area contributed by atoms with Gasteiger partial charge in [-0.15, -0.1) is 11.3 Å². The third-order valence-electron chi connectivity index (χ3n) is 5.53. The van der Waals surface area contributed by atoms with Crippen molar-refractivity contribution >= 4 is 57.7 Å². The second-order valence-electron chi connectivity index (χ2n) is 7.70. The van der Waals surface area contributed by atoms with E-state index in [9.17, 15) is 14.3 Å². The van der Waals surface area contributed by atoms with Crippen molar-refractivity contribution in [1.29, 1.82) is 0 Å². The van der Waals surface area contributed by atoms with E-state index < -0.39 is 23.1 Å². The lowest BCUT2D eigenvalue weighted by molar-refractivity contribution is -0.00474. The Kier molecular flexibility index (Phi) is 6.98. The van der Waals surface area contributed by atoms with Crippen LogP contribution in [-0.2, 0) is 12.1 Å². The van der Waals surface area contributed by atoms with Gasteiger partial charge in [-0.05, 0) is 24.3 Å². The number of hydrogen-bond donors (Lipinski definition) is 2. The summed E-state index contributed by atoms with van der Waals surface area (Å²) in [5.74, 6) is -2.20. The van der Waals surface area contributed by atoms with Crippen LogP contribution < -0.4 is 5.73 Å². The third-order valence-corrected chi connectivity index (χ3v) is 7.65. The number of aromatic nitrogens is 3. The van der Waals surface area contributed by atoms with Crippen LogP contribution in [0.4, 0.5) is 10.2 Å². The number of carbonyl (C=O) groups is 1. The predicted octanol–water partition coefficient (Wildman–Crippen LogP) is 5.94. The van der Waals surface area contributed by atoms with Crippen LogP contribution in [0.15, 0.2) is 55.1 Å². The number of aliphatic hydroxyl groups is 1. The minimum absolute atomic E-state index is 0.0287. The lowest BCUT2D eigenvalue weighted by Gasteiger charge is -2.34. The van der Waals surface area contributed by atoms with Crippen LogP contribution in [0.1, 0.15) is 38.6 Å². The highest BCUT2D eigenvalue weighted by molar-refractivity contribution is 7.14. The molecule has 34 heavy (non-hydrogen) atoms. The molecular formula is C23H18Cl3FN4O2S. The number of ketones is 1. The fourth-order valence-electron chi connectivity index (χ4n) is 3.68. The van der Waals surface area contributed by atoms with Crippen LogP contribution in [-0.4, -0.2) is 25.4 Å². The van der Waals surface area contributed by atoms with Gasteiger partial charge in [-0.2, -0.15) is 0 Å². The summed E-state index contributed by atoms with van der Waals surface area (Å²) in [6.07, 6.45) is 4.85. The third kappa shape index (κ3) is 4.56. The Balaban J connectivity index is 1.78. The molecule has 2 atom stereocenters. The highest BCUT2D eigenvalue weighted by Crippen LogP contribution is 2.44. The van der Waals surface area contributed by atoms with Gasteiger partial charge in [0.15, 0.2) is 0 Å². The molecule has 0 aliphatic heterocycles. The van der Waals surface area contributed by atoms with Crippen molar-refractivity contribution in [3.8, 4) is 0 Å². The van der Waals surface area contributed by atoms with Gasteiger partial charge in [0.2, 0.25) is 5.78 Å². The van der Waals surface area contributed by atoms with Crippen molar-refractivity contribution in [1.82, 2.24) is 14.5 Å². The van der Waals surface area contributed by atoms with Crippen molar-refractivity contribution in [3.05, 3.63) is 97.0 Å². The van der Waals surface area contributed by atoms with E-state index in [1.165, 1.54) is 18.2 Å². The number of rotatable bonds is 7. The molecule has 2 aromatic heterocycles. The molecule has 0 radical (unpaired) electrons. The molecule has 176 valence electrons. The van der Waals surface area contributed by atoms with Crippen LogP contribution in [0.2, 0.25) is 15.1 Å². The Morgan fingerprint density at radius 3 is 2.68 bits per heavy atom. The maximum atomic E-state index is 14.3. The zero-order valence-electron chi connectivity index (χ0n) is 17.7. The Morgan fingerprint density at radius 1 is 1.26 bits per heavy atom. The molecule has 0 aliphatic carbocycles. The first-order valence-corrected chi connectivity index (χ1v) is 12.0. The van der Waals surface area contributed by atoms with Gasteiger partial charge < -0.3 is 15.4 Å². The SMILES string of the molecule is CC(c1nc(N)c(C(=O)c2c(F)cccc2Cl)s1)C(O)(Cn1ccnc1)c1ccc(Cl)cc1Cl. The number of benzene rings is 2. The number of imidazole rings is 1. The molecular weight excluding hydrogens is 522 g/mol. The average molecular weight is 540 g/mol. The lowest BCUT2D eigenvalue weighted by atomic mass is 9.82. The summed E-state index contributed by atoms with van der Waals surface area (Å²) in [4.78, 5) is 21.5. The molecule has 2 unspecified atom stereocenters. The van der Waals surface area contributed by atoms with E-state index in [1.807, 2.05) is 0 Å². The van der Waals surface area contributed by atoms with Gasteiger partial charge in [-0.1, -0.05) is 53.9 Å². The second-order valence-corrected chi connectivity index (χ2v) is 9.98. The second kappa shape index (κ2) is 9.64. The normalized spacial score (nSPS) is 14.1. The number of nitrogens with zero attached hydrogens (tertiary/aromatic N) is 3. The first-order chi connectivity index (χ1) is 16.1. The minimum atomic E-state index is -1.58. The summed E-state index contributed by atoms with van der Waals surface area (Å²) in [6, 6.07) is 8.77. The number of thiazole rings is 1. The van der Waals surface area contributed by atoms with Crippen LogP contribution in [0.3, 0.4) is 0 Å². The van der Waals surface area contributed by atoms with Crippen molar-refractivity contribution in [2.75, 3.05) is 5.73 Å². The first kappa shape index (κ1) is 24.6. The molecule has 0 bridgehead atoms. The molecule has 4 rings (SSSR count). The maximum Gasteiger partial charge on any atom is 0.211 e. The highest BCUT2D eigenvalue weighted by atomic mass is 35.5. The van der Waals surface area contributed by atoms with E-state index in [0.717, 1.165) is 17.4 Å². The quantitative estimate of drug-likeness (QED) is 0.283. The van der Waals surface area contributed by atoms with Gasteiger partial charge in [0.25, 0.3) is 0 Å². The lowest BCUT2D eigenvalue weighted by Crippen LogP contribution is -2.37. The molecule has 4 aromatic rings. The molecule has 0 aliphatic rings. The number of carbonyl (C=O) groups excluding carboxylic acids is 1. The summed E-state index contributed by atoms with van der Waals surface area (Å²) in [5, 5.41) is 13.0. The van der Waals surface area contributed by atoms with Gasteiger partial charge in [0.05, 0.1) is 23.5 Å². The van der Waals surface area contributed by atoms with E-state index in [4.69, 9.17) is 40.5 Å². The summed E-state index contributed by atoms with van der Waals surface area (Å²) in [7, 11) is 0. The summed E-state index contributed by atoms with van der Waals surface area (Å²) in [6.45, 7) is 1.82. The predicted molar refractivity (Wildman–Crippen MR) is 132 cm³/mol. The van der Waals surface area contributed by atoms with Gasteiger partial charge >= 0.3 is 0 Å². The molecule has 0 saturated carbocycles. The number of hydrogen-bond acceptors (Lipinski definition) is 6. The molecule has 0 spiro atoms. The number of nitrogens with two attached hydrogens (primary N) is 1. The Morgan fingerprint density at radius 2 is 2.03 bits per heavy atom. The number of anilines is 1. The summed E-state index contributed by atoms with van der Waals surface area (Å²) in [5.41, 5.74) is 4.61. The molecule has 0 saturated heterocycles. The van der Waals surface area contributed by atoms with Crippen LogP contribution in [0, 0.1) is 5.82 Å². The molecule has 3 N–H and O–H groups in total. The topological polar surface area (TPSA) is 94.0 Å². The standard InChI is InChI=1S/C23H18Cl3FN4O2S/c1-12(22-30-21(28)20(34-22)19(32)18-15(25)3-2-4-17(18)27)23(33,10-31-8-7-29-11-31)14-6-5-13(24)9-16(14)26/h2-9,11-12,33H,10,28H2,1H3. The van der Waals surface area contributed by atoms with Crippen LogP contribution in [0.25, 0.3) is 0 Å². The maximum absolute atomic E-state index is 14.3. The van der Waals surface area contributed by atoms with Gasteiger partial charge in [-0.3, -0.25) is 4.79 Å². The number of nitrogen functional groups attached to an aromatic ring is 1. The highest BCUT2D eigenvalue weighted by Gasteiger charge is 2.41. The zero-order chi connectivity index (χ0) is 24.6. The van der Waals surface area contributed by atoms with Crippen molar-refractivity contribution in [2.24, 2.45) is 0 Å². The Bertz CT molecular complexity index is 1340. The monoisotopic (exact) mass is 538 g/mol. The van der Waals surface area contributed by atoms with E-state index in [-0.39, 0.29) is 32.8 Å². The zero-order valence-corrected chi connectivity index (χ0v) is 20.8. The Labute approximate surface area is 213 Å². The molecule has 6 nitrogen and oxygen atoms in total. The van der Waals surface area contributed by atoms with Crippen LogP contribution in [0.5, 0.6) is 0 Å². The first-order valence-electron chi connectivity index (χ1n) is 10.0. The van der Waals surface area contributed by atoms with Gasteiger partial charge in [0.1, 0.15) is 27.1 Å². The van der Waals surface area contributed by atoms with E-state index in [0.29, 0.717) is 15.6 Å². The molecule has 0 fully saturated rings. The minimum Gasteiger partial charge on any atom is -0.382 e. The summed E-state index contributed by atoms with van der Waals surface area (Å²) < 4.78 is 16.0. The van der Waals surface area contributed by atoms with Crippen molar-refractivity contribution in [2.45, 2.75) is 25.0 Å². The largest absolute Gasteiger partial charge is 0.382 e. The van der Waals surface area contributed by atoms with Gasteiger partial charge in [0, 0.05) is 33.9 Å². The number of halogens is 4. The molecule has 2 aromatic carbocycles. The van der Waals surface area contributed by atoms with E-state index in [1.54, 1.807) is 42.3 Å². The summed E-state index contributed by atoms with van der Waals surface area (Å²) >= 11 is 19.6. The van der Waals surface area contributed by atoms with E-state index in [2.05, 4.69) is 9.97 Å². The smallest absolute Gasteiger partial charge is 0.211 e. The Hall–Kier alpha value is -2.49. The molecule has 11 heteroatoms. The molecule has 2 heterocycles. The van der Waals surface area contributed by atoms with E-state index >= 15 is 0 Å². The molecule has 0 amide bonds. The van der Waals surface area contributed by atoms with Gasteiger partial charge in [-0.25, -0.2) is 14.4 Å². The van der Waals surface area contributed by atoms with Crippen molar-refractivity contribution < 1.29 is 14.3 Å².